The van der Waals surface area contributed by atoms with E-state index in [1.165, 1.54) is 26.0 Å². The van der Waals surface area contributed by atoms with Crippen molar-refractivity contribution in [2.24, 2.45) is 0 Å². The number of aliphatic carboxylic acids is 1. The van der Waals surface area contributed by atoms with Crippen LogP contribution < -0.4 is 10.6 Å². The molecule has 1 unspecified atom stereocenters. The standard InChI is InChI=1S/C28H36N4O2.C9H12O3.C6H12/c1-5-7-18-32-20-26(21(3)6-2)30-27(32)25(19-22-12-9-8-10-13-22)31-28(33)29-23-14-11-15-24(34-4)17-16-23;1-4-8(12-3)6-5-7(2)9(10)11;1-3-5-6-4-2/h6,8-15,17,20,25H,5,7,16,18-19H2,1-4H3,(H2,29,31,33);4-6H,2H2,1,3H3,(H,10,11);3,5H,4,6H2,1-2H3/b21-6+;6-5-,8-4+;5-3+. The van der Waals surface area contributed by atoms with Crippen LogP contribution in [0.4, 0.5) is 4.79 Å². The summed E-state index contributed by atoms with van der Waals surface area (Å²) in [6.07, 6.45) is 26.6. The number of ether oxygens (including phenoxy) is 2. The Kier molecular flexibility index (Phi) is 22.8. The number of unbranched alkanes of at least 4 members (excludes halogenated alkanes) is 2. The van der Waals surface area contributed by atoms with Gasteiger partial charge >= 0.3 is 12.0 Å². The van der Waals surface area contributed by atoms with Gasteiger partial charge < -0.3 is 29.8 Å². The van der Waals surface area contributed by atoms with Crippen molar-refractivity contribution in [3.63, 3.8) is 0 Å². The third kappa shape index (κ3) is 17.6. The number of methoxy groups -OCH3 is 2. The summed E-state index contributed by atoms with van der Waals surface area (Å²) in [7, 11) is 3.16. The highest BCUT2D eigenvalue weighted by Gasteiger charge is 2.22. The highest BCUT2D eigenvalue weighted by Crippen LogP contribution is 2.23. The summed E-state index contributed by atoms with van der Waals surface area (Å²) in [6, 6.07) is 9.69. The molecule has 1 aliphatic rings. The fourth-order valence-electron chi connectivity index (χ4n) is 4.67. The molecule has 3 N–H and O–H groups in total. The highest BCUT2D eigenvalue weighted by atomic mass is 16.5. The van der Waals surface area contributed by atoms with Gasteiger partial charge in [0.1, 0.15) is 17.3 Å². The predicted octanol–water partition coefficient (Wildman–Crippen LogP) is 10.2. The minimum absolute atomic E-state index is 0.0337. The van der Waals surface area contributed by atoms with Gasteiger partial charge in [0, 0.05) is 24.9 Å². The smallest absolute Gasteiger partial charge is 0.335 e. The third-order valence-electron chi connectivity index (χ3n) is 7.82. The van der Waals surface area contributed by atoms with Gasteiger partial charge in [-0.25, -0.2) is 14.6 Å². The lowest BCUT2D eigenvalue weighted by Gasteiger charge is -2.21. The molecular weight excluding hydrogens is 652 g/mol. The first-order chi connectivity index (χ1) is 25.1. The molecule has 0 radical (unpaired) electrons. The molecule has 0 fully saturated rings. The monoisotopic (exact) mass is 712 g/mol. The van der Waals surface area contributed by atoms with Crippen molar-refractivity contribution in [3.05, 3.63) is 144 Å². The second-order valence-corrected chi connectivity index (χ2v) is 11.8. The Morgan fingerprint density at radius 1 is 1.08 bits per heavy atom. The first-order valence-electron chi connectivity index (χ1n) is 17.9. The Labute approximate surface area is 311 Å². The van der Waals surface area contributed by atoms with Crippen LogP contribution in [0.1, 0.15) is 96.8 Å². The number of rotatable bonds is 16. The van der Waals surface area contributed by atoms with E-state index in [0.717, 1.165) is 53.5 Å². The van der Waals surface area contributed by atoms with Crippen molar-refractivity contribution >= 4 is 17.6 Å². The van der Waals surface area contributed by atoms with E-state index in [1.807, 2.05) is 49.4 Å². The predicted molar refractivity (Wildman–Crippen MR) is 214 cm³/mol. The Bertz CT molecular complexity index is 1600. The van der Waals surface area contributed by atoms with Crippen LogP contribution in [0.15, 0.2) is 127 Å². The fraction of sp³-hybridized carbons (Fsp3) is 0.372. The molecule has 1 aromatic carbocycles. The minimum atomic E-state index is -1.03. The molecule has 52 heavy (non-hydrogen) atoms. The van der Waals surface area contributed by atoms with Crippen molar-refractivity contribution < 1.29 is 24.2 Å². The number of aromatic nitrogens is 2. The maximum absolute atomic E-state index is 13.1. The molecule has 0 saturated heterocycles. The number of hydrogen-bond donors (Lipinski definition) is 3. The summed E-state index contributed by atoms with van der Waals surface area (Å²) in [5, 5.41) is 14.6. The topological polar surface area (TPSA) is 115 Å². The van der Waals surface area contributed by atoms with Crippen LogP contribution in [0.5, 0.6) is 0 Å². The van der Waals surface area contributed by atoms with Gasteiger partial charge in [-0.2, -0.15) is 0 Å². The first kappa shape index (κ1) is 44.7. The fourth-order valence-corrected chi connectivity index (χ4v) is 4.67. The van der Waals surface area contributed by atoms with Gasteiger partial charge in [-0.05, 0) is 94.6 Å². The van der Waals surface area contributed by atoms with Crippen LogP contribution in [0.2, 0.25) is 0 Å². The molecule has 0 aliphatic heterocycles. The van der Waals surface area contributed by atoms with E-state index in [0.29, 0.717) is 18.6 Å². The molecule has 0 bridgehead atoms. The van der Waals surface area contributed by atoms with Gasteiger partial charge in [0.05, 0.1) is 31.5 Å². The second-order valence-electron chi connectivity index (χ2n) is 11.8. The molecule has 2 amide bonds. The van der Waals surface area contributed by atoms with Gasteiger partial charge in [-0.1, -0.05) is 87.9 Å². The van der Waals surface area contributed by atoms with Crippen molar-refractivity contribution in [2.75, 3.05) is 14.2 Å². The number of carbonyl (C=O) groups excluding carboxylic acids is 1. The number of aryl methyl sites for hydroxylation is 1. The number of amides is 2. The summed E-state index contributed by atoms with van der Waals surface area (Å²) < 4.78 is 12.4. The van der Waals surface area contributed by atoms with Crippen LogP contribution in [-0.2, 0) is 27.2 Å². The van der Waals surface area contributed by atoms with Crippen LogP contribution >= 0.6 is 0 Å². The molecule has 9 nitrogen and oxygen atoms in total. The molecule has 1 atom stereocenters. The van der Waals surface area contributed by atoms with Crippen LogP contribution in [0.3, 0.4) is 0 Å². The first-order valence-corrected chi connectivity index (χ1v) is 17.9. The molecule has 3 rings (SSSR count). The minimum Gasteiger partial charge on any atom is -0.497 e. The summed E-state index contributed by atoms with van der Waals surface area (Å²) in [6.45, 7) is 16.5. The molecular formula is C43H60N4O5. The van der Waals surface area contributed by atoms with E-state index >= 15 is 0 Å². The number of nitrogens with one attached hydrogen (secondary N) is 2. The zero-order valence-corrected chi connectivity index (χ0v) is 32.4. The van der Waals surface area contributed by atoms with Crippen LogP contribution in [-0.4, -0.2) is 40.9 Å². The summed E-state index contributed by atoms with van der Waals surface area (Å²) >= 11 is 0. The normalized spacial score (nSPS) is 13.5. The molecule has 282 valence electrons. The molecule has 1 heterocycles. The molecule has 1 aromatic heterocycles. The average Bonchev–Trinajstić information content (AvgIpc) is 3.45. The zero-order valence-electron chi connectivity index (χ0n) is 32.4. The molecule has 0 saturated carbocycles. The lowest BCUT2D eigenvalue weighted by Crippen LogP contribution is -2.39. The van der Waals surface area contributed by atoms with E-state index < -0.39 is 5.97 Å². The quantitative estimate of drug-likeness (QED) is 0.0691. The summed E-state index contributed by atoms with van der Waals surface area (Å²) in [5.41, 5.74) is 4.05. The number of nitrogens with zero attached hydrogens (tertiary/aromatic N) is 2. The lowest BCUT2D eigenvalue weighted by atomic mass is 10.1. The van der Waals surface area contributed by atoms with Crippen molar-refractivity contribution in [1.82, 2.24) is 20.2 Å². The number of imidazole rings is 1. The zero-order chi connectivity index (χ0) is 38.7. The van der Waals surface area contributed by atoms with E-state index in [9.17, 15) is 9.59 Å². The molecule has 0 spiro atoms. The SMILES string of the molecule is C/C=C(\C)c1cn(CCCC)c(C(Cc2ccccc2)NC(=O)NC2=CC=CC(OC)=CC2)n1.C/C=C/CCC.C=C(/C=C\C(=C/C)OC)C(=O)O. The highest BCUT2D eigenvalue weighted by molar-refractivity contribution is 5.89. The summed E-state index contributed by atoms with van der Waals surface area (Å²) in [4.78, 5) is 28.3. The Morgan fingerprint density at radius 2 is 1.81 bits per heavy atom. The largest absolute Gasteiger partial charge is 0.497 e. The Balaban J connectivity index is 0.000000620. The van der Waals surface area contributed by atoms with Gasteiger partial charge in [-0.3, -0.25) is 0 Å². The summed E-state index contributed by atoms with van der Waals surface area (Å²) in [5.74, 6) is 1.23. The number of carbonyl (C=O) groups is 2. The van der Waals surface area contributed by atoms with Gasteiger partial charge in [0.15, 0.2) is 0 Å². The maximum Gasteiger partial charge on any atom is 0.335 e. The molecule has 1 aliphatic carbocycles. The van der Waals surface area contributed by atoms with Crippen LogP contribution in [0, 0.1) is 0 Å². The van der Waals surface area contributed by atoms with Gasteiger partial charge in [0.2, 0.25) is 0 Å². The Morgan fingerprint density at radius 3 is 2.37 bits per heavy atom. The number of carboxylic acids is 1. The van der Waals surface area contributed by atoms with Crippen molar-refractivity contribution in [1.29, 1.82) is 0 Å². The molecule has 9 heteroatoms. The van der Waals surface area contributed by atoms with Crippen molar-refractivity contribution in [2.45, 2.75) is 92.7 Å². The van der Waals surface area contributed by atoms with E-state index in [1.54, 1.807) is 26.2 Å². The van der Waals surface area contributed by atoms with E-state index in [4.69, 9.17) is 19.6 Å². The third-order valence-corrected chi connectivity index (χ3v) is 7.82. The second kappa shape index (κ2) is 26.5. The van der Waals surface area contributed by atoms with Crippen LogP contribution in [0.25, 0.3) is 5.57 Å². The van der Waals surface area contributed by atoms with E-state index in [2.05, 4.69) is 86.0 Å². The van der Waals surface area contributed by atoms with Gasteiger partial charge in [-0.15, -0.1) is 0 Å². The number of urea groups is 1. The number of allylic oxidation sites excluding steroid dienone is 10. The maximum atomic E-state index is 13.1. The number of benzene rings is 1. The number of hydrogen-bond acceptors (Lipinski definition) is 5. The lowest BCUT2D eigenvalue weighted by molar-refractivity contribution is -0.132. The number of carboxylic acid groups (broad SMARTS) is 1. The van der Waals surface area contributed by atoms with Crippen molar-refractivity contribution in [3.8, 4) is 0 Å². The van der Waals surface area contributed by atoms with E-state index in [-0.39, 0.29) is 17.6 Å². The van der Waals surface area contributed by atoms with Gasteiger partial charge in [0.25, 0.3) is 0 Å². The Hall–Kier alpha value is -5.31. The average molecular weight is 713 g/mol. The molecule has 2 aromatic rings.